The molecule has 1 saturated heterocycles. The summed E-state index contributed by atoms with van der Waals surface area (Å²) < 4.78 is 39.9. The molecule has 0 aliphatic carbocycles. The number of anilines is 1. The van der Waals surface area contributed by atoms with Crippen LogP contribution in [0.5, 0.6) is 0 Å². The maximum atomic E-state index is 12.9. The van der Waals surface area contributed by atoms with Gasteiger partial charge in [0.25, 0.3) is 0 Å². The van der Waals surface area contributed by atoms with E-state index < -0.39 is 26.9 Å². The summed E-state index contributed by atoms with van der Waals surface area (Å²) in [6.45, 7) is 4.16. The van der Waals surface area contributed by atoms with Gasteiger partial charge >= 0.3 is 0 Å². The van der Waals surface area contributed by atoms with Gasteiger partial charge in [0.2, 0.25) is 15.9 Å². The summed E-state index contributed by atoms with van der Waals surface area (Å²) in [4.78, 5) is 14.5. The van der Waals surface area contributed by atoms with Crippen molar-refractivity contribution >= 4 is 32.4 Å². The standard InChI is InChI=1S/C20H24N2O4S2/c1-14-13-17(22-12-4-5-20(22)23)8-11-19(14)28(25,26)21-15(2)16-6-9-18(10-7-16)27(3)24/h6-11,13,15,21H,4-5,12H2,1-3H3. The van der Waals surface area contributed by atoms with Gasteiger partial charge in [0.15, 0.2) is 0 Å². The van der Waals surface area contributed by atoms with Crippen molar-refractivity contribution < 1.29 is 17.4 Å². The largest absolute Gasteiger partial charge is 0.312 e. The topological polar surface area (TPSA) is 83.6 Å². The number of rotatable bonds is 6. The van der Waals surface area contributed by atoms with Gasteiger partial charge in [0, 0.05) is 46.6 Å². The van der Waals surface area contributed by atoms with Gasteiger partial charge in [-0.1, -0.05) is 12.1 Å². The molecule has 28 heavy (non-hydrogen) atoms. The summed E-state index contributed by atoms with van der Waals surface area (Å²) in [5.41, 5.74) is 2.11. The first-order chi connectivity index (χ1) is 13.2. The second kappa shape index (κ2) is 8.14. The lowest BCUT2D eigenvalue weighted by Gasteiger charge is -2.19. The van der Waals surface area contributed by atoms with Crippen molar-refractivity contribution in [2.75, 3.05) is 17.7 Å². The number of nitrogens with zero attached hydrogens (tertiary/aromatic N) is 1. The maximum absolute atomic E-state index is 12.9. The fourth-order valence-electron chi connectivity index (χ4n) is 3.34. The zero-order chi connectivity index (χ0) is 20.5. The average Bonchev–Trinajstić information content (AvgIpc) is 3.07. The summed E-state index contributed by atoms with van der Waals surface area (Å²) in [7, 11) is -4.81. The molecule has 1 N–H and O–H groups in total. The number of benzene rings is 2. The number of hydrogen-bond donors (Lipinski definition) is 1. The molecular weight excluding hydrogens is 396 g/mol. The van der Waals surface area contributed by atoms with Crippen molar-refractivity contribution in [3.05, 3.63) is 53.6 Å². The van der Waals surface area contributed by atoms with Crippen LogP contribution in [0, 0.1) is 6.92 Å². The average molecular weight is 421 g/mol. The number of aryl methyl sites for hydroxylation is 1. The second-order valence-electron chi connectivity index (χ2n) is 6.96. The molecule has 2 atom stereocenters. The Bertz CT molecular complexity index is 1020. The fourth-order valence-corrected chi connectivity index (χ4v) is 5.31. The number of carbonyl (C=O) groups is 1. The Morgan fingerprint density at radius 3 is 2.36 bits per heavy atom. The highest BCUT2D eigenvalue weighted by Crippen LogP contribution is 2.27. The molecule has 2 aromatic rings. The first-order valence-corrected chi connectivity index (χ1v) is 12.1. The summed E-state index contributed by atoms with van der Waals surface area (Å²) >= 11 is 0. The lowest BCUT2D eigenvalue weighted by atomic mass is 10.1. The van der Waals surface area contributed by atoms with Crippen LogP contribution in [0.3, 0.4) is 0 Å². The fraction of sp³-hybridized carbons (Fsp3) is 0.350. The Morgan fingerprint density at radius 2 is 1.82 bits per heavy atom. The van der Waals surface area contributed by atoms with Crippen LogP contribution in [0.2, 0.25) is 0 Å². The molecule has 0 spiro atoms. The SMILES string of the molecule is Cc1cc(N2CCCC2=O)ccc1S(=O)(=O)NC(C)c1ccc(S(C)=O)cc1. The van der Waals surface area contributed by atoms with Gasteiger partial charge in [-0.25, -0.2) is 13.1 Å². The molecule has 6 nitrogen and oxygen atoms in total. The minimum absolute atomic E-state index is 0.0678. The van der Waals surface area contributed by atoms with E-state index >= 15 is 0 Å². The van der Waals surface area contributed by atoms with Crippen LogP contribution in [-0.2, 0) is 25.6 Å². The molecule has 0 radical (unpaired) electrons. The molecule has 1 fully saturated rings. The molecular formula is C20H24N2O4S2. The van der Waals surface area contributed by atoms with E-state index in [2.05, 4.69) is 4.72 Å². The van der Waals surface area contributed by atoms with Gasteiger partial charge in [-0.05, 0) is 61.7 Å². The summed E-state index contributed by atoms with van der Waals surface area (Å²) in [6, 6.07) is 11.6. The molecule has 1 amide bonds. The van der Waals surface area contributed by atoms with Crippen LogP contribution in [0.1, 0.15) is 36.9 Å². The van der Waals surface area contributed by atoms with E-state index in [4.69, 9.17) is 0 Å². The summed E-state index contributed by atoms with van der Waals surface area (Å²) in [5, 5.41) is 0. The van der Waals surface area contributed by atoms with Crippen LogP contribution in [0.15, 0.2) is 52.3 Å². The predicted molar refractivity (Wildman–Crippen MR) is 110 cm³/mol. The van der Waals surface area contributed by atoms with E-state index in [0.29, 0.717) is 23.4 Å². The van der Waals surface area contributed by atoms with Crippen molar-refractivity contribution in [2.24, 2.45) is 0 Å². The molecule has 8 heteroatoms. The first-order valence-electron chi connectivity index (χ1n) is 9.06. The number of amides is 1. The van der Waals surface area contributed by atoms with Gasteiger partial charge in [0.05, 0.1) is 4.90 Å². The number of sulfonamides is 1. The monoisotopic (exact) mass is 420 g/mol. The van der Waals surface area contributed by atoms with Gasteiger partial charge in [-0.15, -0.1) is 0 Å². The zero-order valence-electron chi connectivity index (χ0n) is 16.1. The Hall–Kier alpha value is -2.03. The van der Waals surface area contributed by atoms with E-state index in [0.717, 1.165) is 17.7 Å². The lowest BCUT2D eigenvalue weighted by Crippen LogP contribution is -2.28. The minimum Gasteiger partial charge on any atom is -0.312 e. The number of carbonyl (C=O) groups excluding carboxylic acids is 1. The van der Waals surface area contributed by atoms with Crippen molar-refractivity contribution in [3.8, 4) is 0 Å². The molecule has 3 rings (SSSR count). The third-order valence-corrected chi connectivity index (χ3v) is 7.51. The van der Waals surface area contributed by atoms with Gasteiger partial charge in [0.1, 0.15) is 0 Å². The number of hydrogen-bond acceptors (Lipinski definition) is 4. The molecule has 2 aromatic carbocycles. The second-order valence-corrected chi connectivity index (χ2v) is 10.0. The Morgan fingerprint density at radius 1 is 1.14 bits per heavy atom. The van der Waals surface area contributed by atoms with Crippen LogP contribution in [-0.4, -0.2) is 31.3 Å². The molecule has 1 aliphatic rings. The van der Waals surface area contributed by atoms with Crippen molar-refractivity contribution in [1.29, 1.82) is 0 Å². The Balaban J connectivity index is 1.80. The van der Waals surface area contributed by atoms with Crippen molar-refractivity contribution in [3.63, 3.8) is 0 Å². The highest BCUT2D eigenvalue weighted by atomic mass is 32.2. The predicted octanol–water partition coefficient (Wildman–Crippen LogP) is 2.90. The van der Waals surface area contributed by atoms with Crippen molar-refractivity contribution in [1.82, 2.24) is 4.72 Å². The molecule has 2 unspecified atom stereocenters. The Labute approximate surface area is 168 Å². The molecule has 0 saturated carbocycles. The zero-order valence-corrected chi connectivity index (χ0v) is 17.8. The molecule has 150 valence electrons. The van der Waals surface area contributed by atoms with Gasteiger partial charge in [-0.2, -0.15) is 0 Å². The van der Waals surface area contributed by atoms with Crippen LogP contribution in [0.4, 0.5) is 5.69 Å². The molecule has 0 bridgehead atoms. The van der Waals surface area contributed by atoms with E-state index in [-0.39, 0.29) is 10.8 Å². The van der Waals surface area contributed by atoms with E-state index in [1.165, 1.54) is 0 Å². The smallest absolute Gasteiger partial charge is 0.241 e. The lowest BCUT2D eigenvalue weighted by molar-refractivity contribution is -0.117. The van der Waals surface area contributed by atoms with Crippen LogP contribution in [0.25, 0.3) is 0 Å². The molecule has 0 aromatic heterocycles. The minimum atomic E-state index is -3.73. The highest BCUT2D eigenvalue weighted by molar-refractivity contribution is 7.89. The third kappa shape index (κ3) is 4.34. The third-order valence-electron chi connectivity index (χ3n) is 4.88. The van der Waals surface area contributed by atoms with E-state index in [1.54, 1.807) is 67.5 Å². The van der Waals surface area contributed by atoms with Gasteiger partial charge in [-0.3, -0.25) is 9.00 Å². The van der Waals surface area contributed by atoms with Gasteiger partial charge < -0.3 is 4.90 Å². The number of nitrogens with one attached hydrogen (secondary N) is 1. The maximum Gasteiger partial charge on any atom is 0.241 e. The molecule has 1 heterocycles. The first kappa shape index (κ1) is 20.7. The summed E-state index contributed by atoms with van der Waals surface area (Å²) in [5.74, 6) is 0.0678. The van der Waals surface area contributed by atoms with Crippen molar-refractivity contribution in [2.45, 2.75) is 42.5 Å². The van der Waals surface area contributed by atoms with E-state index in [1.807, 2.05) is 0 Å². The van der Waals surface area contributed by atoms with E-state index in [9.17, 15) is 17.4 Å². The quantitative estimate of drug-likeness (QED) is 0.779. The van der Waals surface area contributed by atoms with Crippen LogP contribution >= 0.6 is 0 Å². The normalized spacial score (nSPS) is 17.0. The van der Waals surface area contributed by atoms with Crippen LogP contribution < -0.4 is 9.62 Å². The summed E-state index contributed by atoms with van der Waals surface area (Å²) in [6.07, 6.45) is 2.95. The molecule has 1 aliphatic heterocycles. The highest BCUT2D eigenvalue weighted by Gasteiger charge is 2.25. The Kier molecular flexibility index (Phi) is 6.02.